The third-order valence-electron chi connectivity index (χ3n) is 3.88. The highest BCUT2D eigenvalue weighted by molar-refractivity contribution is 9.10. The molecule has 0 aliphatic heterocycles. The van der Waals surface area contributed by atoms with Crippen molar-refractivity contribution >= 4 is 27.6 Å². The van der Waals surface area contributed by atoms with Crippen LogP contribution in [0.15, 0.2) is 71.5 Å². The standard InChI is InChI=1S/C19H19BrN4O/c1-14(16-8-3-4-9-17(16)20)22-19(25)23-18-10-5-2-7-15(18)13-24-12-6-11-21-24/h2-12,14H,13H2,1H3,(H2,22,23,25). The van der Waals surface area contributed by atoms with E-state index in [1.54, 1.807) is 6.20 Å². The van der Waals surface area contributed by atoms with Gasteiger partial charge in [-0.3, -0.25) is 4.68 Å². The first-order chi connectivity index (χ1) is 12.1. The van der Waals surface area contributed by atoms with Gasteiger partial charge < -0.3 is 10.6 Å². The zero-order valence-electron chi connectivity index (χ0n) is 13.8. The number of para-hydroxylation sites is 1. The molecule has 0 fully saturated rings. The molecular formula is C19H19BrN4O. The Hall–Kier alpha value is -2.60. The Morgan fingerprint density at radius 2 is 1.92 bits per heavy atom. The second-order valence-corrected chi connectivity index (χ2v) is 6.56. The lowest BCUT2D eigenvalue weighted by Gasteiger charge is -2.17. The Morgan fingerprint density at radius 3 is 2.68 bits per heavy atom. The number of urea groups is 1. The molecule has 0 aliphatic carbocycles. The van der Waals surface area contributed by atoms with Crippen molar-refractivity contribution in [2.45, 2.75) is 19.5 Å². The van der Waals surface area contributed by atoms with E-state index in [1.807, 2.05) is 72.4 Å². The molecule has 6 heteroatoms. The Morgan fingerprint density at radius 1 is 1.16 bits per heavy atom. The van der Waals surface area contributed by atoms with Gasteiger partial charge in [-0.15, -0.1) is 0 Å². The van der Waals surface area contributed by atoms with Gasteiger partial charge in [0.15, 0.2) is 0 Å². The Kier molecular flexibility index (Phi) is 5.50. The van der Waals surface area contributed by atoms with Crippen molar-refractivity contribution in [1.29, 1.82) is 0 Å². The Balaban J connectivity index is 1.68. The van der Waals surface area contributed by atoms with Crippen LogP contribution in [0.2, 0.25) is 0 Å². The number of carbonyl (C=O) groups is 1. The molecule has 0 aliphatic rings. The number of amides is 2. The minimum atomic E-state index is -0.240. The molecule has 128 valence electrons. The maximum atomic E-state index is 12.4. The number of nitrogens with one attached hydrogen (secondary N) is 2. The van der Waals surface area contributed by atoms with Gasteiger partial charge >= 0.3 is 6.03 Å². The molecule has 0 spiro atoms. The smallest absolute Gasteiger partial charge is 0.319 e. The van der Waals surface area contributed by atoms with Crippen LogP contribution in [0.1, 0.15) is 24.1 Å². The van der Waals surface area contributed by atoms with Gasteiger partial charge in [0, 0.05) is 22.6 Å². The molecule has 0 radical (unpaired) electrons. The molecule has 2 amide bonds. The summed E-state index contributed by atoms with van der Waals surface area (Å²) in [6, 6.07) is 17.1. The molecule has 0 saturated carbocycles. The number of nitrogens with zero attached hydrogens (tertiary/aromatic N) is 2. The van der Waals surface area contributed by atoms with Crippen LogP contribution >= 0.6 is 15.9 Å². The molecule has 0 saturated heterocycles. The highest BCUT2D eigenvalue weighted by Gasteiger charge is 2.13. The van der Waals surface area contributed by atoms with Crippen LogP contribution in [-0.4, -0.2) is 15.8 Å². The van der Waals surface area contributed by atoms with Gasteiger partial charge in [0.25, 0.3) is 0 Å². The summed E-state index contributed by atoms with van der Waals surface area (Å²) in [5.41, 5.74) is 2.80. The van der Waals surface area contributed by atoms with E-state index in [9.17, 15) is 4.79 Å². The molecule has 3 aromatic rings. The van der Waals surface area contributed by atoms with Crippen LogP contribution in [0.3, 0.4) is 0 Å². The van der Waals surface area contributed by atoms with E-state index in [2.05, 4.69) is 31.7 Å². The summed E-state index contributed by atoms with van der Waals surface area (Å²) >= 11 is 3.52. The molecule has 5 nitrogen and oxygen atoms in total. The second kappa shape index (κ2) is 7.98. The quantitative estimate of drug-likeness (QED) is 0.660. The molecule has 0 bridgehead atoms. The normalized spacial score (nSPS) is 11.8. The average Bonchev–Trinajstić information content (AvgIpc) is 3.10. The van der Waals surface area contributed by atoms with Crippen LogP contribution in [0, 0.1) is 0 Å². The first-order valence-electron chi connectivity index (χ1n) is 8.01. The SMILES string of the molecule is CC(NC(=O)Nc1ccccc1Cn1cccn1)c1ccccc1Br. The number of hydrogen-bond donors (Lipinski definition) is 2. The fourth-order valence-corrected chi connectivity index (χ4v) is 3.24. The van der Waals surface area contributed by atoms with Crippen molar-refractivity contribution in [2.24, 2.45) is 0 Å². The molecule has 2 N–H and O–H groups in total. The lowest BCUT2D eigenvalue weighted by molar-refractivity contribution is 0.249. The van der Waals surface area contributed by atoms with Crippen molar-refractivity contribution in [2.75, 3.05) is 5.32 Å². The van der Waals surface area contributed by atoms with E-state index in [0.29, 0.717) is 6.54 Å². The zero-order chi connectivity index (χ0) is 17.6. The number of halogens is 1. The van der Waals surface area contributed by atoms with Gasteiger partial charge in [-0.05, 0) is 36.2 Å². The van der Waals surface area contributed by atoms with Gasteiger partial charge in [-0.25, -0.2) is 4.79 Å². The predicted molar refractivity (Wildman–Crippen MR) is 102 cm³/mol. The summed E-state index contributed by atoms with van der Waals surface area (Å²) in [5.74, 6) is 0. The topological polar surface area (TPSA) is 59.0 Å². The number of benzene rings is 2. The Bertz CT molecular complexity index is 848. The third-order valence-corrected chi connectivity index (χ3v) is 4.60. The minimum Gasteiger partial charge on any atom is -0.331 e. The highest BCUT2D eigenvalue weighted by atomic mass is 79.9. The number of hydrogen-bond acceptors (Lipinski definition) is 2. The fourth-order valence-electron chi connectivity index (χ4n) is 2.61. The highest BCUT2D eigenvalue weighted by Crippen LogP contribution is 2.23. The summed E-state index contributed by atoms with van der Waals surface area (Å²) in [6.45, 7) is 2.55. The number of anilines is 1. The van der Waals surface area contributed by atoms with Crippen LogP contribution in [0.25, 0.3) is 0 Å². The molecule has 1 heterocycles. The van der Waals surface area contributed by atoms with Gasteiger partial charge in [0.05, 0.1) is 12.6 Å². The van der Waals surface area contributed by atoms with Crippen LogP contribution in [0.4, 0.5) is 10.5 Å². The van der Waals surface area contributed by atoms with E-state index >= 15 is 0 Å². The molecule has 1 unspecified atom stereocenters. The zero-order valence-corrected chi connectivity index (χ0v) is 15.4. The first-order valence-corrected chi connectivity index (χ1v) is 8.80. The summed E-state index contributed by atoms with van der Waals surface area (Å²) in [7, 11) is 0. The van der Waals surface area contributed by atoms with E-state index in [4.69, 9.17) is 0 Å². The first kappa shape index (κ1) is 17.2. The predicted octanol–water partition coefficient (Wildman–Crippen LogP) is 4.58. The molecular weight excluding hydrogens is 380 g/mol. The largest absolute Gasteiger partial charge is 0.331 e. The maximum Gasteiger partial charge on any atom is 0.319 e. The second-order valence-electron chi connectivity index (χ2n) is 5.70. The summed E-state index contributed by atoms with van der Waals surface area (Å²) < 4.78 is 2.80. The van der Waals surface area contributed by atoms with Gasteiger partial charge in [-0.2, -0.15) is 5.10 Å². The van der Waals surface area contributed by atoms with Crippen LogP contribution in [-0.2, 0) is 6.54 Å². The summed E-state index contributed by atoms with van der Waals surface area (Å²) in [5, 5.41) is 10.1. The van der Waals surface area contributed by atoms with Gasteiger partial charge in [-0.1, -0.05) is 52.3 Å². The van der Waals surface area contributed by atoms with Crippen molar-refractivity contribution in [3.8, 4) is 0 Å². The molecule has 2 aromatic carbocycles. The monoisotopic (exact) mass is 398 g/mol. The van der Waals surface area contributed by atoms with Crippen LogP contribution < -0.4 is 10.6 Å². The summed E-state index contributed by atoms with van der Waals surface area (Å²) in [4.78, 5) is 12.4. The number of rotatable bonds is 5. The summed E-state index contributed by atoms with van der Waals surface area (Å²) in [6.07, 6.45) is 3.63. The lowest BCUT2D eigenvalue weighted by atomic mass is 10.1. The lowest BCUT2D eigenvalue weighted by Crippen LogP contribution is -2.31. The van der Waals surface area contributed by atoms with Crippen molar-refractivity contribution in [3.05, 3.63) is 82.6 Å². The van der Waals surface area contributed by atoms with Crippen molar-refractivity contribution < 1.29 is 4.79 Å². The average molecular weight is 399 g/mol. The molecule has 1 aromatic heterocycles. The van der Waals surface area contributed by atoms with Gasteiger partial charge in [0.1, 0.15) is 0 Å². The van der Waals surface area contributed by atoms with E-state index < -0.39 is 0 Å². The van der Waals surface area contributed by atoms with E-state index in [0.717, 1.165) is 21.3 Å². The van der Waals surface area contributed by atoms with E-state index in [-0.39, 0.29) is 12.1 Å². The fraction of sp³-hybridized carbons (Fsp3) is 0.158. The third kappa shape index (κ3) is 4.48. The molecule has 3 rings (SSSR count). The minimum absolute atomic E-state index is 0.117. The number of aromatic nitrogens is 2. The van der Waals surface area contributed by atoms with Gasteiger partial charge in [0.2, 0.25) is 0 Å². The van der Waals surface area contributed by atoms with Crippen LogP contribution in [0.5, 0.6) is 0 Å². The molecule has 25 heavy (non-hydrogen) atoms. The maximum absolute atomic E-state index is 12.4. The van der Waals surface area contributed by atoms with Crippen molar-refractivity contribution in [3.63, 3.8) is 0 Å². The number of carbonyl (C=O) groups excluding carboxylic acids is 1. The van der Waals surface area contributed by atoms with E-state index in [1.165, 1.54) is 0 Å². The molecule has 1 atom stereocenters. The van der Waals surface area contributed by atoms with Crippen molar-refractivity contribution in [1.82, 2.24) is 15.1 Å². The Labute approximate surface area is 155 Å².